The summed E-state index contributed by atoms with van der Waals surface area (Å²) in [5, 5.41) is 16.6. The van der Waals surface area contributed by atoms with E-state index >= 15 is 0 Å². The van der Waals surface area contributed by atoms with Crippen LogP contribution in [0, 0.1) is 12.8 Å². The molecule has 0 amide bonds. The molecule has 0 bridgehead atoms. The van der Waals surface area contributed by atoms with Crippen molar-refractivity contribution in [3.63, 3.8) is 0 Å². The van der Waals surface area contributed by atoms with Crippen LogP contribution >= 0.6 is 11.8 Å². The van der Waals surface area contributed by atoms with Crippen LogP contribution in [-0.4, -0.2) is 36.5 Å². The van der Waals surface area contributed by atoms with E-state index in [-0.39, 0.29) is 6.10 Å². The molecule has 0 aromatic heterocycles. The molecule has 0 heterocycles. The number of nitrogens with zero attached hydrogens (tertiary/aromatic N) is 1. The maximum atomic E-state index is 9.93. The lowest BCUT2D eigenvalue weighted by molar-refractivity contribution is 0.134. The van der Waals surface area contributed by atoms with E-state index in [4.69, 9.17) is 4.99 Å². The van der Waals surface area contributed by atoms with Gasteiger partial charge in [-0.3, -0.25) is 0 Å². The Morgan fingerprint density at radius 3 is 2.83 bits per heavy atom. The number of rotatable bonds is 6. The number of aliphatic hydroxyl groups is 1. The molecule has 0 saturated heterocycles. The first-order chi connectivity index (χ1) is 11.1. The van der Waals surface area contributed by atoms with Gasteiger partial charge in [0.25, 0.3) is 0 Å². The number of thioether (sulfide) groups is 1. The van der Waals surface area contributed by atoms with E-state index in [1.54, 1.807) is 11.8 Å². The third-order valence-corrected chi connectivity index (χ3v) is 5.16. The van der Waals surface area contributed by atoms with Gasteiger partial charge in [0, 0.05) is 23.9 Å². The standard InChI is InChI=1S/C18H29N3OS/c1-4-19-18(20-11-14-6-5-7-16(14)22)21-12-15-9-8-13(2)10-17(15)23-3/h8-10,14,16,22H,4-7,11-12H2,1-3H3,(H2,19,20,21). The van der Waals surface area contributed by atoms with E-state index in [9.17, 15) is 5.11 Å². The Hall–Kier alpha value is -1.20. The van der Waals surface area contributed by atoms with Gasteiger partial charge in [0.05, 0.1) is 12.6 Å². The predicted octanol–water partition coefficient (Wildman–Crippen LogP) is 2.93. The smallest absolute Gasteiger partial charge is 0.191 e. The van der Waals surface area contributed by atoms with Crippen molar-refractivity contribution in [3.05, 3.63) is 29.3 Å². The molecule has 23 heavy (non-hydrogen) atoms. The largest absolute Gasteiger partial charge is 0.393 e. The van der Waals surface area contributed by atoms with E-state index in [0.717, 1.165) is 38.3 Å². The highest BCUT2D eigenvalue weighted by Gasteiger charge is 2.24. The lowest BCUT2D eigenvalue weighted by atomic mass is 10.1. The number of hydrogen-bond donors (Lipinski definition) is 3. The van der Waals surface area contributed by atoms with Gasteiger partial charge in [-0.1, -0.05) is 18.6 Å². The molecular formula is C18H29N3OS. The molecule has 1 aromatic carbocycles. The molecule has 128 valence electrons. The summed E-state index contributed by atoms with van der Waals surface area (Å²) >= 11 is 1.77. The zero-order valence-corrected chi connectivity index (χ0v) is 15.2. The maximum absolute atomic E-state index is 9.93. The van der Waals surface area contributed by atoms with Gasteiger partial charge in [-0.15, -0.1) is 11.8 Å². The molecule has 5 heteroatoms. The average Bonchev–Trinajstić information content (AvgIpc) is 2.96. The Labute approximate surface area is 144 Å². The van der Waals surface area contributed by atoms with Gasteiger partial charge in [-0.25, -0.2) is 4.99 Å². The molecule has 2 atom stereocenters. The molecule has 1 aromatic rings. The molecule has 1 saturated carbocycles. The lowest BCUT2D eigenvalue weighted by Gasteiger charge is -2.18. The summed E-state index contributed by atoms with van der Waals surface area (Å²) in [4.78, 5) is 6.00. The fraction of sp³-hybridized carbons (Fsp3) is 0.611. The zero-order chi connectivity index (χ0) is 16.7. The number of nitrogens with one attached hydrogen (secondary N) is 2. The quantitative estimate of drug-likeness (QED) is 0.425. The molecule has 1 aliphatic rings. The third kappa shape index (κ3) is 5.43. The van der Waals surface area contributed by atoms with Gasteiger partial charge in [-0.05, 0) is 50.1 Å². The van der Waals surface area contributed by atoms with Gasteiger partial charge < -0.3 is 15.7 Å². The molecule has 2 rings (SSSR count). The Morgan fingerprint density at radius 1 is 1.35 bits per heavy atom. The van der Waals surface area contributed by atoms with Crippen molar-refractivity contribution in [3.8, 4) is 0 Å². The second-order valence-corrected chi connectivity index (χ2v) is 7.00. The maximum Gasteiger partial charge on any atom is 0.191 e. The van der Waals surface area contributed by atoms with Crippen LogP contribution in [0.2, 0.25) is 0 Å². The molecule has 0 spiro atoms. The number of guanidine groups is 1. The van der Waals surface area contributed by atoms with E-state index in [2.05, 4.69) is 48.9 Å². The van der Waals surface area contributed by atoms with Crippen LogP contribution in [0.5, 0.6) is 0 Å². The Balaban J connectivity index is 1.98. The van der Waals surface area contributed by atoms with Gasteiger partial charge in [0.2, 0.25) is 0 Å². The summed E-state index contributed by atoms with van der Waals surface area (Å²) in [6.07, 6.45) is 5.10. The average molecular weight is 336 g/mol. The van der Waals surface area contributed by atoms with Crippen molar-refractivity contribution in [1.29, 1.82) is 0 Å². The van der Waals surface area contributed by atoms with Crippen molar-refractivity contribution in [2.75, 3.05) is 19.3 Å². The number of benzene rings is 1. The second kappa shape index (κ2) is 9.18. The number of aliphatic imine (C=N–C) groups is 1. The van der Waals surface area contributed by atoms with Crippen molar-refractivity contribution < 1.29 is 5.11 Å². The van der Waals surface area contributed by atoms with Crippen LogP contribution in [0.25, 0.3) is 0 Å². The van der Waals surface area contributed by atoms with E-state index < -0.39 is 0 Å². The highest BCUT2D eigenvalue weighted by atomic mass is 32.2. The van der Waals surface area contributed by atoms with Gasteiger partial charge in [0.15, 0.2) is 5.96 Å². The Morgan fingerprint density at radius 2 is 2.17 bits per heavy atom. The molecule has 2 unspecified atom stereocenters. The summed E-state index contributed by atoms with van der Waals surface area (Å²) in [6, 6.07) is 6.51. The van der Waals surface area contributed by atoms with Crippen molar-refractivity contribution in [1.82, 2.24) is 10.6 Å². The molecule has 1 aliphatic carbocycles. The summed E-state index contributed by atoms with van der Waals surface area (Å²) in [7, 11) is 0. The molecule has 4 nitrogen and oxygen atoms in total. The van der Waals surface area contributed by atoms with Crippen LogP contribution in [0.3, 0.4) is 0 Å². The van der Waals surface area contributed by atoms with Crippen LogP contribution in [0.4, 0.5) is 0 Å². The van der Waals surface area contributed by atoms with Crippen molar-refractivity contribution in [2.24, 2.45) is 10.9 Å². The normalized spacial score (nSPS) is 21.5. The fourth-order valence-corrected chi connectivity index (χ4v) is 3.67. The topological polar surface area (TPSA) is 56.7 Å². The minimum absolute atomic E-state index is 0.162. The third-order valence-electron chi connectivity index (χ3n) is 4.34. The first-order valence-electron chi connectivity index (χ1n) is 8.47. The molecule has 0 aliphatic heterocycles. The minimum Gasteiger partial charge on any atom is -0.393 e. The SMILES string of the molecule is CCNC(=NCc1ccc(C)cc1SC)NCC1CCCC1O. The number of hydrogen-bond acceptors (Lipinski definition) is 3. The first-order valence-corrected chi connectivity index (χ1v) is 9.70. The summed E-state index contributed by atoms with van der Waals surface area (Å²) in [5.74, 6) is 1.18. The Bertz CT molecular complexity index is 533. The zero-order valence-electron chi connectivity index (χ0n) is 14.4. The van der Waals surface area contributed by atoms with Crippen molar-refractivity contribution >= 4 is 17.7 Å². The predicted molar refractivity (Wildman–Crippen MR) is 99.1 cm³/mol. The highest BCUT2D eigenvalue weighted by molar-refractivity contribution is 7.98. The monoisotopic (exact) mass is 335 g/mol. The molecule has 3 N–H and O–H groups in total. The highest BCUT2D eigenvalue weighted by Crippen LogP contribution is 2.25. The van der Waals surface area contributed by atoms with E-state index in [1.807, 2.05) is 0 Å². The van der Waals surface area contributed by atoms with Crippen LogP contribution in [0.1, 0.15) is 37.3 Å². The van der Waals surface area contributed by atoms with Gasteiger partial charge in [0.1, 0.15) is 0 Å². The molecule has 0 radical (unpaired) electrons. The lowest BCUT2D eigenvalue weighted by Crippen LogP contribution is -2.41. The summed E-state index contributed by atoms with van der Waals surface area (Å²) < 4.78 is 0. The number of aliphatic hydroxyl groups excluding tert-OH is 1. The van der Waals surface area contributed by atoms with Gasteiger partial charge >= 0.3 is 0 Å². The number of aryl methyl sites for hydroxylation is 1. The van der Waals surface area contributed by atoms with Crippen LogP contribution in [0.15, 0.2) is 28.1 Å². The van der Waals surface area contributed by atoms with E-state index in [0.29, 0.717) is 12.5 Å². The first kappa shape index (κ1) is 18.1. The molecular weight excluding hydrogens is 306 g/mol. The van der Waals surface area contributed by atoms with Crippen molar-refractivity contribution in [2.45, 2.75) is 50.7 Å². The van der Waals surface area contributed by atoms with E-state index in [1.165, 1.54) is 16.0 Å². The fourth-order valence-electron chi connectivity index (χ4n) is 2.97. The molecule has 1 fully saturated rings. The Kier molecular flexibility index (Phi) is 7.24. The summed E-state index contributed by atoms with van der Waals surface area (Å²) in [5.41, 5.74) is 2.53. The van der Waals surface area contributed by atoms with Crippen LogP contribution < -0.4 is 10.6 Å². The minimum atomic E-state index is -0.162. The summed E-state index contributed by atoms with van der Waals surface area (Å²) in [6.45, 7) is 6.48. The van der Waals surface area contributed by atoms with Gasteiger partial charge in [-0.2, -0.15) is 0 Å². The second-order valence-electron chi connectivity index (χ2n) is 6.15. The van der Waals surface area contributed by atoms with Crippen LogP contribution in [-0.2, 0) is 6.54 Å².